The number of aryl methyl sites for hydroxylation is 1. The Hall–Kier alpha value is -2.71. The number of nitrogens with zero attached hydrogens (tertiary/aromatic N) is 1. The summed E-state index contributed by atoms with van der Waals surface area (Å²) < 4.78 is 83.7. The molecule has 9 heteroatoms. The lowest BCUT2D eigenvalue weighted by Gasteiger charge is -2.21. The fraction of sp³-hybridized carbons (Fsp3) is 0.316. The van der Waals surface area contributed by atoms with E-state index in [0.29, 0.717) is 23.4 Å². The molecule has 2 aromatic rings. The average molecular weight is 403 g/mol. The Morgan fingerprint density at radius 1 is 0.964 bits per heavy atom. The number of carbonyl (C=O) groups is 1. The minimum absolute atomic E-state index is 0.000392. The van der Waals surface area contributed by atoms with Gasteiger partial charge in [0.2, 0.25) is 0 Å². The van der Waals surface area contributed by atoms with Crippen LogP contribution in [0.1, 0.15) is 32.6 Å². The van der Waals surface area contributed by atoms with E-state index in [4.69, 9.17) is 4.74 Å². The van der Waals surface area contributed by atoms with E-state index in [0.717, 1.165) is 5.56 Å². The van der Waals surface area contributed by atoms with E-state index in [-0.39, 0.29) is 25.8 Å². The van der Waals surface area contributed by atoms with Gasteiger partial charge in [-0.3, -0.25) is 4.79 Å². The SMILES string of the molecule is Cc1ccc2c(c1)OCCN(C(=O)c1cc(C(F)(F)F)cc(C(F)(F)F)c1)C2. The summed E-state index contributed by atoms with van der Waals surface area (Å²) in [6.45, 7) is 1.97. The van der Waals surface area contributed by atoms with Crippen molar-refractivity contribution in [2.45, 2.75) is 25.8 Å². The molecule has 28 heavy (non-hydrogen) atoms. The highest BCUT2D eigenvalue weighted by Gasteiger charge is 2.38. The smallest absolute Gasteiger partial charge is 0.416 e. The van der Waals surface area contributed by atoms with Gasteiger partial charge in [-0.25, -0.2) is 0 Å². The maximum absolute atomic E-state index is 13.0. The molecule has 0 saturated heterocycles. The molecule has 1 heterocycles. The summed E-state index contributed by atoms with van der Waals surface area (Å²) in [5.41, 5.74) is -2.16. The van der Waals surface area contributed by atoms with Gasteiger partial charge in [0.15, 0.2) is 0 Å². The van der Waals surface area contributed by atoms with E-state index in [9.17, 15) is 31.1 Å². The Morgan fingerprint density at radius 3 is 2.14 bits per heavy atom. The summed E-state index contributed by atoms with van der Waals surface area (Å²) in [5.74, 6) is -0.385. The molecule has 0 N–H and O–H groups in total. The van der Waals surface area contributed by atoms with Crippen molar-refractivity contribution in [3.63, 3.8) is 0 Å². The highest BCUT2D eigenvalue weighted by molar-refractivity contribution is 5.94. The minimum atomic E-state index is -5.01. The molecule has 0 unspecified atom stereocenters. The molecule has 0 aliphatic carbocycles. The van der Waals surface area contributed by atoms with Crippen LogP contribution in [0.15, 0.2) is 36.4 Å². The summed E-state index contributed by atoms with van der Waals surface area (Å²) >= 11 is 0. The van der Waals surface area contributed by atoms with Crippen LogP contribution < -0.4 is 4.74 Å². The van der Waals surface area contributed by atoms with Gasteiger partial charge < -0.3 is 9.64 Å². The van der Waals surface area contributed by atoms with E-state index < -0.39 is 35.0 Å². The van der Waals surface area contributed by atoms with Crippen LogP contribution >= 0.6 is 0 Å². The molecular formula is C19H15F6NO2. The van der Waals surface area contributed by atoms with Crippen LogP contribution in [-0.4, -0.2) is 24.0 Å². The number of rotatable bonds is 1. The van der Waals surface area contributed by atoms with Crippen molar-refractivity contribution in [2.24, 2.45) is 0 Å². The number of benzene rings is 2. The van der Waals surface area contributed by atoms with Crippen LogP contribution in [0.2, 0.25) is 0 Å². The number of fused-ring (bicyclic) bond motifs is 1. The van der Waals surface area contributed by atoms with Crippen molar-refractivity contribution >= 4 is 5.91 Å². The standard InChI is InChI=1S/C19H15F6NO2/c1-11-2-3-12-10-26(4-5-28-16(12)6-11)17(27)13-7-14(18(20,21)22)9-15(8-13)19(23,24)25/h2-3,6-9H,4-5,10H2,1H3. The maximum Gasteiger partial charge on any atom is 0.416 e. The Labute approximate surface area is 156 Å². The number of halogens is 6. The molecule has 0 fully saturated rings. The fourth-order valence-corrected chi connectivity index (χ4v) is 2.91. The van der Waals surface area contributed by atoms with E-state index in [1.165, 1.54) is 4.90 Å². The predicted octanol–water partition coefficient (Wildman–Crippen LogP) is 5.07. The molecule has 3 nitrogen and oxygen atoms in total. The molecule has 0 radical (unpaired) electrons. The molecule has 0 atom stereocenters. The van der Waals surface area contributed by atoms with Crippen molar-refractivity contribution in [2.75, 3.05) is 13.2 Å². The average Bonchev–Trinajstić information content (AvgIpc) is 2.81. The second-order valence-electron chi connectivity index (χ2n) is 6.48. The largest absolute Gasteiger partial charge is 0.491 e. The van der Waals surface area contributed by atoms with Gasteiger partial charge in [0.25, 0.3) is 5.91 Å². The Balaban J connectivity index is 1.98. The minimum Gasteiger partial charge on any atom is -0.491 e. The quantitative estimate of drug-likeness (QED) is 0.623. The third-order valence-electron chi connectivity index (χ3n) is 4.32. The molecule has 0 aromatic heterocycles. The second kappa shape index (κ2) is 7.03. The van der Waals surface area contributed by atoms with Gasteiger partial charge in [0, 0.05) is 17.7 Å². The zero-order chi connectivity index (χ0) is 20.7. The molecule has 0 bridgehead atoms. The molecule has 3 rings (SSSR count). The van der Waals surface area contributed by atoms with Gasteiger partial charge in [-0.1, -0.05) is 12.1 Å². The first-order valence-corrected chi connectivity index (χ1v) is 8.26. The first kappa shape index (κ1) is 20.0. The Bertz CT molecular complexity index is 872. The zero-order valence-corrected chi connectivity index (χ0v) is 14.6. The van der Waals surface area contributed by atoms with Crippen molar-refractivity contribution < 1.29 is 35.9 Å². The van der Waals surface area contributed by atoms with Crippen LogP contribution in [0.5, 0.6) is 5.75 Å². The fourth-order valence-electron chi connectivity index (χ4n) is 2.91. The van der Waals surface area contributed by atoms with Gasteiger partial charge in [0.1, 0.15) is 12.4 Å². The van der Waals surface area contributed by atoms with Crippen LogP contribution in [0, 0.1) is 6.92 Å². The van der Waals surface area contributed by atoms with Crippen LogP contribution in [0.4, 0.5) is 26.3 Å². The highest BCUT2D eigenvalue weighted by atomic mass is 19.4. The molecule has 1 aliphatic rings. The lowest BCUT2D eigenvalue weighted by atomic mass is 10.0. The van der Waals surface area contributed by atoms with Crippen molar-refractivity contribution in [3.05, 3.63) is 64.2 Å². The monoisotopic (exact) mass is 403 g/mol. The number of carbonyl (C=O) groups excluding carboxylic acids is 1. The number of hydrogen-bond acceptors (Lipinski definition) is 2. The van der Waals surface area contributed by atoms with Gasteiger partial charge >= 0.3 is 12.4 Å². The topological polar surface area (TPSA) is 29.5 Å². The molecule has 0 saturated carbocycles. The third-order valence-corrected chi connectivity index (χ3v) is 4.32. The number of alkyl halides is 6. The summed E-state index contributed by atoms with van der Waals surface area (Å²) in [7, 11) is 0. The maximum atomic E-state index is 13.0. The molecule has 150 valence electrons. The molecule has 1 aliphatic heterocycles. The van der Waals surface area contributed by atoms with Gasteiger partial charge in [-0.15, -0.1) is 0 Å². The van der Waals surface area contributed by atoms with Crippen LogP contribution in [-0.2, 0) is 18.9 Å². The summed E-state index contributed by atoms with van der Waals surface area (Å²) in [6, 6.07) is 6.14. The van der Waals surface area contributed by atoms with Crippen LogP contribution in [0.3, 0.4) is 0 Å². The molecule has 0 spiro atoms. The number of amides is 1. The number of hydrogen-bond donors (Lipinski definition) is 0. The molecule has 2 aromatic carbocycles. The summed E-state index contributed by atoms with van der Waals surface area (Å²) in [6.07, 6.45) is -10.0. The van der Waals surface area contributed by atoms with Crippen molar-refractivity contribution in [1.29, 1.82) is 0 Å². The Kier molecular flexibility index (Phi) is 5.03. The van der Waals surface area contributed by atoms with Crippen molar-refractivity contribution in [1.82, 2.24) is 4.90 Å². The first-order valence-electron chi connectivity index (χ1n) is 8.26. The lowest BCUT2D eigenvalue weighted by molar-refractivity contribution is -0.143. The van der Waals surface area contributed by atoms with Gasteiger partial charge in [-0.2, -0.15) is 26.3 Å². The van der Waals surface area contributed by atoms with Gasteiger partial charge in [0.05, 0.1) is 17.7 Å². The number of ether oxygens (including phenoxy) is 1. The second-order valence-corrected chi connectivity index (χ2v) is 6.48. The summed E-state index contributed by atoms with van der Waals surface area (Å²) in [5, 5.41) is 0. The lowest BCUT2D eigenvalue weighted by Crippen LogP contribution is -2.33. The normalized spacial score (nSPS) is 14.9. The summed E-state index contributed by atoms with van der Waals surface area (Å²) in [4.78, 5) is 13.9. The zero-order valence-electron chi connectivity index (χ0n) is 14.6. The highest BCUT2D eigenvalue weighted by Crippen LogP contribution is 2.37. The molecule has 1 amide bonds. The van der Waals surface area contributed by atoms with Crippen LogP contribution in [0.25, 0.3) is 0 Å². The third kappa shape index (κ3) is 4.23. The van der Waals surface area contributed by atoms with Crippen molar-refractivity contribution in [3.8, 4) is 5.75 Å². The van der Waals surface area contributed by atoms with E-state index >= 15 is 0 Å². The predicted molar refractivity (Wildman–Crippen MR) is 87.9 cm³/mol. The van der Waals surface area contributed by atoms with E-state index in [2.05, 4.69) is 0 Å². The van der Waals surface area contributed by atoms with E-state index in [1.54, 1.807) is 18.2 Å². The van der Waals surface area contributed by atoms with E-state index in [1.807, 2.05) is 6.92 Å². The Morgan fingerprint density at radius 2 is 1.57 bits per heavy atom. The molecular weight excluding hydrogens is 388 g/mol. The first-order chi connectivity index (χ1) is 12.9. The van der Waals surface area contributed by atoms with Gasteiger partial charge in [-0.05, 0) is 36.8 Å².